The van der Waals surface area contributed by atoms with Crippen molar-refractivity contribution in [3.63, 3.8) is 0 Å². The summed E-state index contributed by atoms with van der Waals surface area (Å²) in [5, 5.41) is 0.623. The minimum Gasteiger partial charge on any atom is -0.330 e. The molecule has 0 spiro atoms. The molecule has 0 unspecified atom stereocenters. The van der Waals surface area contributed by atoms with Crippen LogP contribution in [0.15, 0.2) is 12.2 Å². The van der Waals surface area contributed by atoms with Gasteiger partial charge in [0.1, 0.15) is 0 Å². The van der Waals surface area contributed by atoms with Crippen molar-refractivity contribution in [2.45, 2.75) is 103 Å². The number of hydrogen-bond acceptors (Lipinski definition) is 4. The molecule has 26 heavy (non-hydrogen) atoms. The average molecular weight is 366 g/mol. The molecule has 0 bridgehead atoms. The number of hydroxylamine groups is 2. The van der Waals surface area contributed by atoms with Crippen molar-refractivity contribution in [2.24, 2.45) is 0 Å². The third kappa shape index (κ3) is 10.4. The highest BCUT2D eigenvalue weighted by atomic mass is 16.7. The van der Waals surface area contributed by atoms with Crippen LogP contribution in [0.4, 0.5) is 0 Å². The third-order valence-corrected chi connectivity index (χ3v) is 4.59. The molecule has 1 fully saturated rings. The van der Waals surface area contributed by atoms with Gasteiger partial charge in [-0.1, -0.05) is 64.0 Å². The van der Waals surface area contributed by atoms with E-state index in [0.29, 0.717) is 5.06 Å². The van der Waals surface area contributed by atoms with Crippen molar-refractivity contribution in [1.29, 1.82) is 0 Å². The van der Waals surface area contributed by atoms with Crippen LogP contribution in [0.2, 0.25) is 0 Å². The first-order valence-corrected chi connectivity index (χ1v) is 10.4. The molecule has 0 atom stereocenters. The summed E-state index contributed by atoms with van der Waals surface area (Å²) in [5.74, 6) is -1.33. The molecule has 2 amide bonds. The predicted molar refractivity (Wildman–Crippen MR) is 102 cm³/mol. The third-order valence-electron chi connectivity index (χ3n) is 4.59. The van der Waals surface area contributed by atoms with Gasteiger partial charge in [0.15, 0.2) is 0 Å². The molecular weight excluding hydrogens is 330 g/mol. The van der Waals surface area contributed by atoms with Crippen molar-refractivity contribution in [3.05, 3.63) is 12.2 Å². The van der Waals surface area contributed by atoms with Crippen LogP contribution in [-0.4, -0.2) is 22.8 Å². The van der Waals surface area contributed by atoms with Gasteiger partial charge in [-0.2, -0.15) is 0 Å². The quantitative estimate of drug-likeness (QED) is 0.226. The Morgan fingerprint density at radius 1 is 0.846 bits per heavy atom. The number of nitrogens with zero attached hydrogens (tertiary/aromatic N) is 1. The molecule has 1 rings (SSSR count). The molecular formula is C21H35NO4. The summed E-state index contributed by atoms with van der Waals surface area (Å²) in [6, 6.07) is 0. The zero-order valence-corrected chi connectivity index (χ0v) is 16.3. The number of rotatable bonds is 15. The fourth-order valence-corrected chi connectivity index (χ4v) is 2.97. The zero-order valence-electron chi connectivity index (χ0n) is 16.3. The molecule has 1 aliphatic rings. The van der Waals surface area contributed by atoms with E-state index < -0.39 is 17.8 Å². The van der Waals surface area contributed by atoms with E-state index in [1.165, 1.54) is 51.4 Å². The maximum Gasteiger partial charge on any atom is 0.333 e. The topological polar surface area (TPSA) is 63.7 Å². The number of hydrogen-bond donors (Lipinski definition) is 0. The second-order valence-corrected chi connectivity index (χ2v) is 7.03. The van der Waals surface area contributed by atoms with Crippen molar-refractivity contribution in [1.82, 2.24) is 5.06 Å². The van der Waals surface area contributed by atoms with E-state index >= 15 is 0 Å². The highest BCUT2D eigenvalue weighted by molar-refractivity contribution is 6.01. The fraction of sp³-hybridized carbons (Fsp3) is 0.762. The van der Waals surface area contributed by atoms with E-state index in [-0.39, 0.29) is 19.3 Å². The van der Waals surface area contributed by atoms with Gasteiger partial charge in [0.05, 0.1) is 0 Å². The van der Waals surface area contributed by atoms with Crippen LogP contribution < -0.4 is 0 Å². The lowest BCUT2D eigenvalue weighted by molar-refractivity contribution is -0.197. The van der Waals surface area contributed by atoms with E-state index in [1.807, 2.05) is 0 Å². The lowest BCUT2D eigenvalue weighted by atomic mass is 10.1. The molecule has 5 nitrogen and oxygen atoms in total. The number of amides is 2. The van der Waals surface area contributed by atoms with Crippen LogP contribution in [-0.2, 0) is 19.2 Å². The Morgan fingerprint density at radius 3 is 1.92 bits per heavy atom. The summed E-state index contributed by atoms with van der Waals surface area (Å²) in [7, 11) is 0. The van der Waals surface area contributed by atoms with Crippen LogP contribution in [0.3, 0.4) is 0 Å². The summed E-state index contributed by atoms with van der Waals surface area (Å²) in [5.41, 5.74) is 0. The predicted octanol–water partition coefficient (Wildman–Crippen LogP) is 5.24. The molecule has 0 N–H and O–H groups in total. The van der Waals surface area contributed by atoms with E-state index in [1.54, 1.807) is 0 Å². The zero-order chi connectivity index (χ0) is 19.0. The Morgan fingerprint density at radius 2 is 1.35 bits per heavy atom. The molecule has 1 saturated heterocycles. The Bertz CT molecular complexity index is 443. The Hall–Kier alpha value is -1.65. The van der Waals surface area contributed by atoms with E-state index in [0.717, 1.165) is 25.7 Å². The van der Waals surface area contributed by atoms with Crippen molar-refractivity contribution in [3.8, 4) is 0 Å². The van der Waals surface area contributed by atoms with E-state index in [4.69, 9.17) is 4.84 Å². The molecule has 0 aromatic rings. The molecule has 5 heteroatoms. The second-order valence-electron chi connectivity index (χ2n) is 7.03. The molecule has 0 aliphatic carbocycles. The number of carbonyl (C=O) groups is 3. The van der Waals surface area contributed by atoms with Crippen molar-refractivity contribution >= 4 is 17.8 Å². The summed E-state index contributed by atoms with van der Waals surface area (Å²) in [6.07, 6.45) is 19.3. The normalized spacial score (nSPS) is 14.6. The van der Waals surface area contributed by atoms with Crippen molar-refractivity contribution in [2.75, 3.05) is 0 Å². The largest absolute Gasteiger partial charge is 0.333 e. The first-order chi connectivity index (χ1) is 12.6. The van der Waals surface area contributed by atoms with Crippen LogP contribution >= 0.6 is 0 Å². The van der Waals surface area contributed by atoms with Gasteiger partial charge in [-0.25, -0.2) is 4.79 Å². The maximum atomic E-state index is 11.6. The summed E-state index contributed by atoms with van der Waals surface area (Å²) in [4.78, 5) is 39.2. The summed E-state index contributed by atoms with van der Waals surface area (Å²) >= 11 is 0. The van der Waals surface area contributed by atoms with Gasteiger partial charge in [-0.15, -0.1) is 5.06 Å². The van der Waals surface area contributed by atoms with E-state index in [9.17, 15) is 14.4 Å². The number of unbranched alkanes of at least 4 members (excludes halogenated alkanes) is 10. The molecule has 0 aromatic heterocycles. The van der Waals surface area contributed by atoms with Gasteiger partial charge in [0.2, 0.25) is 0 Å². The molecule has 0 radical (unpaired) electrons. The second kappa shape index (κ2) is 14.5. The molecule has 0 aromatic carbocycles. The van der Waals surface area contributed by atoms with Gasteiger partial charge in [-0.3, -0.25) is 9.59 Å². The minimum atomic E-state index is -0.490. The SMILES string of the molecule is CCCCCCC/C=C\CCCCCCCC(=O)ON1C(=O)CCC1=O. The molecule has 1 aliphatic heterocycles. The Kier molecular flexibility index (Phi) is 12.5. The van der Waals surface area contributed by atoms with Crippen molar-refractivity contribution < 1.29 is 19.2 Å². The summed E-state index contributed by atoms with van der Waals surface area (Å²) in [6.45, 7) is 2.24. The van der Waals surface area contributed by atoms with Crippen LogP contribution in [0.1, 0.15) is 103 Å². The lowest BCUT2D eigenvalue weighted by Crippen LogP contribution is -2.31. The number of carbonyl (C=O) groups excluding carboxylic acids is 3. The molecule has 0 saturated carbocycles. The van der Waals surface area contributed by atoms with Crippen LogP contribution in [0.25, 0.3) is 0 Å². The van der Waals surface area contributed by atoms with Crippen LogP contribution in [0, 0.1) is 0 Å². The Balaban J connectivity index is 1.88. The maximum absolute atomic E-state index is 11.6. The van der Waals surface area contributed by atoms with Crippen LogP contribution in [0.5, 0.6) is 0 Å². The Labute approximate surface area is 158 Å². The average Bonchev–Trinajstić information content (AvgIpc) is 2.94. The van der Waals surface area contributed by atoms with Gasteiger partial charge >= 0.3 is 5.97 Å². The highest BCUT2D eigenvalue weighted by Crippen LogP contribution is 2.14. The van der Waals surface area contributed by atoms with Gasteiger partial charge in [-0.05, 0) is 32.1 Å². The van der Waals surface area contributed by atoms with Gasteiger partial charge < -0.3 is 4.84 Å². The number of allylic oxidation sites excluding steroid dienone is 2. The first-order valence-electron chi connectivity index (χ1n) is 10.4. The monoisotopic (exact) mass is 365 g/mol. The highest BCUT2D eigenvalue weighted by Gasteiger charge is 2.32. The lowest BCUT2D eigenvalue weighted by Gasteiger charge is -2.12. The minimum absolute atomic E-state index is 0.138. The fourth-order valence-electron chi connectivity index (χ4n) is 2.97. The van der Waals surface area contributed by atoms with Gasteiger partial charge in [0.25, 0.3) is 11.8 Å². The summed E-state index contributed by atoms with van der Waals surface area (Å²) < 4.78 is 0. The molecule has 1 heterocycles. The van der Waals surface area contributed by atoms with E-state index in [2.05, 4.69) is 19.1 Å². The number of imide groups is 1. The standard InChI is InChI=1S/C21H35NO4/c1-2-3-4-5-6-7-8-9-10-11-12-13-14-15-16-21(25)26-22-19(23)17-18-20(22)24/h8-9H,2-7,10-18H2,1H3/b9-8-. The molecule has 148 valence electrons. The van der Waals surface area contributed by atoms with Gasteiger partial charge in [0, 0.05) is 19.3 Å². The smallest absolute Gasteiger partial charge is 0.330 e. The first kappa shape index (κ1) is 22.4.